The largest absolute Gasteiger partial charge is 0.418 e. The van der Waals surface area contributed by atoms with Crippen LogP contribution in [0.25, 0.3) is 0 Å². The van der Waals surface area contributed by atoms with Gasteiger partial charge in [0.25, 0.3) is 0 Å². The lowest BCUT2D eigenvalue weighted by molar-refractivity contribution is -0.138. The number of carbonyl (C=O) groups is 2. The first kappa shape index (κ1) is 16.1. The summed E-state index contributed by atoms with van der Waals surface area (Å²) >= 11 is 0. The molecule has 6 heteroatoms. The summed E-state index contributed by atoms with van der Waals surface area (Å²) in [6.07, 6.45) is -3.67. The molecule has 122 valence electrons. The fourth-order valence-corrected chi connectivity index (χ4v) is 2.77. The molecule has 0 saturated heterocycles. The van der Waals surface area contributed by atoms with Gasteiger partial charge < -0.3 is 0 Å². The first-order valence-corrected chi connectivity index (χ1v) is 7.20. The summed E-state index contributed by atoms with van der Waals surface area (Å²) in [6, 6.07) is 8.41. The average Bonchev–Trinajstić information content (AvgIpc) is 2.56. The molecule has 3 rings (SSSR count). The third-order valence-electron chi connectivity index (χ3n) is 4.02. The Kier molecular flexibility index (Phi) is 3.83. The number of pyridine rings is 1. The second-order valence-electron chi connectivity index (χ2n) is 5.48. The molecule has 24 heavy (non-hydrogen) atoms. The van der Waals surface area contributed by atoms with E-state index in [1.165, 1.54) is 31.3 Å². The minimum absolute atomic E-state index is 0.0582. The van der Waals surface area contributed by atoms with Gasteiger partial charge in [0, 0.05) is 34.9 Å². The number of nitrogens with zero attached hydrogens (tertiary/aromatic N) is 1. The Hall–Kier alpha value is -2.76. The van der Waals surface area contributed by atoms with Gasteiger partial charge in [-0.05, 0) is 19.1 Å². The summed E-state index contributed by atoms with van der Waals surface area (Å²) in [5.41, 5.74) is -0.446. The van der Waals surface area contributed by atoms with Crippen molar-refractivity contribution in [2.24, 2.45) is 0 Å². The number of hydrogen-bond donors (Lipinski definition) is 0. The molecule has 0 N–H and O–H groups in total. The highest BCUT2D eigenvalue weighted by Gasteiger charge is 2.36. The van der Waals surface area contributed by atoms with E-state index in [4.69, 9.17) is 0 Å². The van der Waals surface area contributed by atoms with E-state index < -0.39 is 17.5 Å². The Balaban J connectivity index is 2.08. The summed E-state index contributed by atoms with van der Waals surface area (Å²) in [5, 5.41) is 0. The minimum atomic E-state index is -4.57. The molecule has 1 aliphatic carbocycles. The fraction of sp³-hybridized carbons (Fsp3) is 0.167. The first-order chi connectivity index (χ1) is 11.3. The lowest BCUT2D eigenvalue weighted by Gasteiger charge is -2.20. The second-order valence-corrected chi connectivity index (χ2v) is 5.48. The van der Waals surface area contributed by atoms with Gasteiger partial charge in [-0.25, -0.2) is 0 Å². The maximum atomic E-state index is 13.1. The van der Waals surface area contributed by atoms with Crippen molar-refractivity contribution in [1.82, 2.24) is 4.98 Å². The maximum absolute atomic E-state index is 13.1. The van der Waals surface area contributed by atoms with Crippen molar-refractivity contribution in [3.05, 3.63) is 76.1 Å². The number of alkyl halides is 3. The number of halogens is 3. The molecule has 2 aromatic rings. The molecule has 0 atom stereocenters. The second kappa shape index (κ2) is 5.70. The highest BCUT2D eigenvalue weighted by Crippen LogP contribution is 2.34. The van der Waals surface area contributed by atoms with Crippen molar-refractivity contribution in [3.8, 4) is 0 Å². The molecule has 1 aromatic heterocycles. The van der Waals surface area contributed by atoms with Crippen molar-refractivity contribution < 1.29 is 22.8 Å². The smallest absolute Gasteiger partial charge is 0.289 e. The van der Waals surface area contributed by atoms with E-state index in [1.807, 2.05) is 0 Å². The third kappa shape index (κ3) is 2.64. The first-order valence-electron chi connectivity index (χ1n) is 7.20. The van der Waals surface area contributed by atoms with Gasteiger partial charge in [0.15, 0.2) is 11.6 Å². The number of carbonyl (C=O) groups excluding carboxylic acids is 2. The number of rotatable bonds is 2. The molecule has 0 saturated carbocycles. The van der Waals surface area contributed by atoms with Crippen molar-refractivity contribution in [2.75, 3.05) is 0 Å². The third-order valence-corrected chi connectivity index (χ3v) is 4.02. The summed E-state index contributed by atoms with van der Waals surface area (Å²) in [7, 11) is 0. The number of hydrogen-bond acceptors (Lipinski definition) is 3. The van der Waals surface area contributed by atoms with Crippen LogP contribution in [-0.2, 0) is 12.6 Å². The van der Waals surface area contributed by atoms with Crippen LogP contribution in [0.1, 0.15) is 38.9 Å². The molecule has 0 fully saturated rings. The van der Waals surface area contributed by atoms with Gasteiger partial charge in [0.05, 0.1) is 11.3 Å². The van der Waals surface area contributed by atoms with Crippen LogP contribution < -0.4 is 0 Å². The number of aromatic nitrogens is 1. The quantitative estimate of drug-likeness (QED) is 0.834. The Morgan fingerprint density at radius 2 is 1.58 bits per heavy atom. The highest BCUT2D eigenvalue weighted by molar-refractivity contribution is 6.26. The van der Waals surface area contributed by atoms with Crippen LogP contribution in [0.2, 0.25) is 0 Å². The zero-order valence-electron chi connectivity index (χ0n) is 12.6. The van der Waals surface area contributed by atoms with Gasteiger partial charge in [-0.1, -0.05) is 24.3 Å². The number of allylic oxidation sites excluding steroid dienone is 2. The molecule has 0 radical (unpaired) electrons. The molecular weight excluding hydrogens is 319 g/mol. The molecule has 0 unspecified atom stereocenters. The average molecular weight is 331 g/mol. The number of benzene rings is 1. The van der Waals surface area contributed by atoms with Crippen molar-refractivity contribution >= 4 is 11.6 Å². The van der Waals surface area contributed by atoms with Crippen molar-refractivity contribution in [3.63, 3.8) is 0 Å². The van der Waals surface area contributed by atoms with Crippen LogP contribution in [0.15, 0.2) is 53.7 Å². The van der Waals surface area contributed by atoms with E-state index in [2.05, 4.69) is 4.98 Å². The fourth-order valence-electron chi connectivity index (χ4n) is 2.77. The van der Waals surface area contributed by atoms with Gasteiger partial charge in [0.2, 0.25) is 0 Å². The predicted molar refractivity (Wildman–Crippen MR) is 80.7 cm³/mol. The van der Waals surface area contributed by atoms with E-state index >= 15 is 0 Å². The van der Waals surface area contributed by atoms with Crippen LogP contribution in [0.5, 0.6) is 0 Å². The van der Waals surface area contributed by atoms with Crippen LogP contribution >= 0.6 is 0 Å². The molecule has 1 heterocycles. The van der Waals surface area contributed by atoms with Gasteiger partial charge in [-0.2, -0.15) is 13.2 Å². The van der Waals surface area contributed by atoms with Gasteiger partial charge in [0.1, 0.15) is 0 Å². The van der Waals surface area contributed by atoms with E-state index in [-0.39, 0.29) is 40.2 Å². The standard InChI is InChI=1S/C18H12F3NO2/c1-10-13(9-15-14(18(19,20)21)7-4-8-22-15)17(24)12-6-3-2-5-11(12)16(10)23/h2-8H,9H2,1H3. The maximum Gasteiger partial charge on any atom is 0.418 e. The topological polar surface area (TPSA) is 47.0 Å². The van der Waals surface area contributed by atoms with E-state index in [1.54, 1.807) is 12.1 Å². The number of Topliss-reactive ketones (excluding diaryl/α,β-unsaturated/α-hetero) is 2. The van der Waals surface area contributed by atoms with E-state index in [0.717, 1.165) is 6.07 Å². The highest BCUT2D eigenvalue weighted by atomic mass is 19.4. The minimum Gasteiger partial charge on any atom is -0.289 e. The van der Waals surface area contributed by atoms with Crippen LogP contribution in [-0.4, -0.2) is 16.6 Å². The molecular formula is C18H12F3NO2. The molecule has 0 aliphatic heterocycles. The predicted octanol–water partition coefficient (Wildman–Crippen LogP) is 4.04. The number of ketones is 2. The Labute approximate surface area is 135 Å². The molecule has 1 aliphatic rings. The summed E-state index contributed by atoms with van der Waals surface area (Å²) in [6.45, 7) is 1.46. The molecule has 0 spiro atoms. The monoisotopic (exact) mass is 331 g/mol. The SMILES string of the molecule is CC1=C(Cc2ncccc2C(F)(F)F)C(=O)c2ccccc2C1=O. The Morgan fingerprint density at radius 3 is 2.21 bits per heavy atom. The zero-order valence-corrected chi connectivity index (χ0v) is 12.6. The van der Waals surface area contributed by atoms with Crippen LogP contribution in [0.3, 0.4) is 0 Å². The summed E-state index contributed by atoms with van der Waals surface area (Å²) < 4.78 is 39.3. The lowest BCUT2D eigenvalue weighted by Crippen LogP contribution is -2.23. The molecule has 0 bridgehead atoms. The van der Waals surface area contributed by atoms with Gasteiger partial charge >= 0.3 is 6.18 Å². The molecule has 0 amide bonds. The van der Waals surface area contributed by atoms with Gasteiger partial charge in [-0.3, -0.25) is 14.6 Å². The molecule has 1 aromatic carbocycles. The lowest BCUT2D eigenvalue weighted by atomic mass is 9.82. The number of fused-ring (bicyclic) bond motifs is 1. The summed E-state index contributed by atoms with van der Waals surface area (Å²) in [4.78, 5) is 28.8. The van der Waals surface area contributed by atoms with Gasteiger partial charge in [-0.15, -0.1) is 0 Å². The van der Waals surface area contributed by atoms with E-state index in [0.29, 0.717) is 0 Å². The Morgan fingerprint density at radius 1 is 0.958 bits per heavy atom. The zero-order chi connectivity index (χ0) is 17.5. The van der Waals surface area contributed by atoms with Crippen LogP contribution in [0, 0.1) is 0 Å². The van der Waals surface area contributed by atoms with Crippen molar-refractivity contribution in [2.45, 2.75) is 19.5 Å². The van der Waals surface area contributed by atoms with E-state index in [9.17, 15) is 22.8 Å². The Bertz CT molecular complexity index is 882. The van der Waals surface area contributed by atoms with Crippen LogP contribution in [0.4, 0.5) is 13.2 Å². The van der Waals surface area contributed by atoms with Crippen molar-refractivity contribution in [1.29, 1.82) is 0 Å². The molecule has 3 nitrogen and oxygen atoms in total. The normalized spacial score (nSPS) is 14.8. The summed E-state index contributed by atoms with van der Waals surface area (Å²) in [5.74, 6) is -0.772.